The van der Waals surface area contributed by atoms with Crippen molar-refractivity contribution < 1.29 is 27.9 Å². The minimum absolute atomic E-state index is 0.0104. The van der Waals surface area contributed by atoms with Crippen LogP contribution in [0.3, 0.4) is 0 Å². The fourth-order valence-corrected chi connectivity index (χ4v) is 5.12. The monoisotopic (exact) mass is 390 g/mol. The Morgan fingerprint density at radius 3 is 2.46 bits per heavy atom. The number of hydrogen-bond acceptors (Lipinski definition) is 5. The molecule has 2 fully saturated rings. The second-order valence-corrected chi connectivity index (χ2v) is 9.92. The van der Waals surface area contributed by atoms with E-state index >= 15 is 0 Å². The number of piperidine rings is 1. The molecule has 0 aromatic rings. The summed E-state index contributed by atoms with van der Waals surface area (Å²) in [5, 5.41) is 12.5. The summed E-state index contributed by atoms with van der Waals surface area (Å²) >= 11 is 0. The number of rotatable bonds is 7. The summed E-state index contributed by atoms with van der Waals surface area (Å²) in [5.41, 5.74) is -2.15. The van der Waals surface area contributed by atoms with Crippen LogP contribution in [0.1, 0.15) is 47.0 Å². The Balaban J connectivity index is 2.13. The van der Waals surface area contributed by atoms with Gasteiger partial charge in [-0.15, -0.1) is 0 Å². The van der Waals surface area contributed by atoms with E-state index in [1.165, 1.54) is 4.31 Å². The molecule has 0 aromatic heterocycles. The standard InChI is InChI=1S/C17H30N2O6S/c1-5-25-13-10-17(15(21)22,16(13,3)4)18-14(20)12-8-7-9-19(11-12)26(23,24)6-2/h12-13H,5-11H2,1-4H3,(H,18,20)(H,21,22). The molecular weight excluding hydrogens is 360 g/mol. The van der Waals surface area contributed by atoms with E-state index in [4.69, 9.17) is 4.74 Å². The van der Waals surface area contributed by atoms with E-state index in [0.717, 1.165) is 0 Å². The van der Waals surface area contributed by atoms with Crippen LogP contribution in [0.2, 0.25) is 0 Å². The van der Waals surface area contributed by atoms with Crippen molar-refractivity contribution in [2.75, 3.05) is 25.4 Å². The number of carbonyl (C=O) groups is 2. The molecule has 1 saturated heterocycles. The number of aliphatic carboxylic acids is 1. The van der Waals surface area contributed by atoms with Crippen LogP contribution in [0.15, 0.2) is 0 Å². The van der Waals surface area contributed by atoms with Crippen LogP contribution in [0, 0.1) is 11.3 Å². The molecule has 150 valence electrons. The van der Waals surface area contributed by atoms with Crippen molar-refractivity contribution in [1.82, 2.24) is 9.62 Å². The van der Waals surface area contributed by atoms with Crippen LogP contribution >= 0.6 is 0 Å². The number of carboxylic acid groups (broad SMARTS) is 1. The summed E-state index contributed by atoms with van der Waals surface area (Å²) in [4.78, 5) is 24.8. The van der Waals surface area contributed by atoms with Gasteiger partial charge in [-0.2, -0.15) is 0 Å². The number of amides is 1. The maximum Gasteiger partial charge on any atom is 0.330 e. The van der Waals surface area contributed by atoms with Crippen molar-refractivity contribution in [2.24, 2.45) is 11.3 Å². The first kappa shape index (κ1) is 21.1. The lowest BCUT2D eigenvalue weighted by molar-refractivity contribution is -0.195. The fourth-order valence-electron chi connectivity index (χ4n) is 3.94. The molecule has 0 bridgehead atoms. The molecule has 0 aromatic carbocycles. The number of nitrogens with zero attached hydrogens (tertiary/aromatic N) is 1. The Kier molecular flexibility index (Phi) is 6.04. The molecule has 26 heavy (non-hydrogen) atoms. The third kappa shape index (κ3) is 3.48. The van der Waals surface area contributed by atoms with Gasteiger partial charge in [-0.25, -0.2) is 17.5 Å². The topological polar surface area (TPSA) is 113 Å². The first-order valence-corrected chi connectivity index (χ1v) is 10.8. The summed E-state index contributed by atoms with van der Waals surface area (Å²) in [5.74, 6) is -2.03. The van der Waals surface area contributed by atoms with Gasteiger partial charge < -0.3 is 15.2 Å². The molecule has 0 spiro atoms. The third-order valence-corrected chi connectivity index (χ3v) is 7.83. The van der Waals surface area contributed by atoms with Crippen LogP contribution in [-0.2, 0) is 24.3 Å². The minimum Gasteiger partial charge on any atom is -0.479 e. The molecule has 2 aliphatic rings. The highest BCUT2D eigenvalue weighted by Gasteiger charge is 2.66. The Morgan fingerprint density at radius 2 is 1.96 bits per heavy atom. The van der Waals surface area contributed by atoms with Crippen LogP contribution < -0.4 is 5.32 Å². The summed E-state index contributed by atoms with van der Waals surface area (Å²) < 4.78 is 31.1. The van der Waals surface area contributed by atoms with Gasteiger partial charge in [0.15, 0.2) is 0 Å². The number of ether oxygens (including phenoxy) is 1. The maximum absolute atomic E-state index is 12.8. The summed E-state index contributed by atoms with van der Waals surface area (Å²) in [6, 6.07) is 0. The Bertz CT molecular complexity index is 662. The van der Waals surface area contributed by atoms with E-state index < -0.39 is 38.8 Å². The molecule has 2 N–H and O–H groups in total. The lowest BCUT2D eigenvalue weighted by atomic mass is 9.54. The average Bonchev–Trinajstić information content (AvgIpc) is 2.60. The van der Waals surface area contributed by atoms with E-state index in [0.29, 0.717) is 26.0 Å². The number of carbonyl (C=O) groups excluding carboxylic acids is 1. The zero-order chi connectivity index (χ0) is 19.8. The van der Waals surface area contributed by atoms with Crippen molar-refractivity contribution in [3.63, 3.8) is 0 Å². The second kappa shape index (κ2) is 7.44. The highest BCUT2D eigenvalue weighted by molar-refractivity contribution is 7.89. The molecule has 2 rings (SSSR count). The molecule has 1 heterocycles. The van der Waals surface area contributed by atoms with Crippen molar-refractivity contribution >= 4 is 21.9 Å². The molecule has 9 heteroatoms. The van der Waals surface area contributed by atoms with Gasteiger partial charge in [0.05, 0.1) is 17.8 Å². The van der Waals surface area contributed by atoms with Gasteiger partial charge >= 0.3 is 5.97 Å². The highest BCUT2D eigenvalue weighted by Crippen LogP contribution is 2.51. The van der Waals surface area contributed by atoms with E-state index in [2.05, 4.69) is 5.32 Å². The van der Waals surface area contributed by atoms with E-state index in [-0.39, 0.29) is 24.8 Å². The minimum atomic E-state index is -3.36. The SMILES string of the molecule is CCOC1CC(NC(=O)C2CCCN(S(=O)(=O)CC)C2)(C(=O)O)C1(C)C. The third-order valence-electron chi connectivity index (χ3n) is 5.98. The first-order chi connectivity index (χ1) is 12.0. The Labute approximate surface area is 155 Å². The summed E-state index contributed by atoms with van der Waals surface area (Å²) in [6.45, 7) is 7.96. The lowest BCUT2D eigenvalue weighted by Crippen LogP contribution is -2.76. The average molecular weight is 391 g/mol. The van der Waals surface area contributed by atoms with Crippen molar-refractivity contribution in [3.8, 4) is 0 Å². The van der Waals surface area contributed by atoms with Gasteiger partial charge in [-0.1, -0.05) is 13.8 Å². The number of nitrogens with one attached hydrogen (secondary N) is 1. The number of sulfonamides is 1. The molecule has 1 amide bonds. The predicted octanol–water partition coefficient (Wildman–Crippen LogP) is 0.823. The van der Waals surface area contributed by atoms with Gasteiger partial charge in [-0.3, -0.25) is 4.79 Å². The quantitative estimate of drug-likeness (QED) is 0.665. The van der Waals surface area contributed by atoms with E-state index in [1.54, 1.807) is 20.8 Å². The highest BCUT2D eigenvalue weighted by atomic mass is 32.2. The molecule has 3 unspecified atom stereocenters. The zero-order valence-corrected chi connectivity index (χ0v) is 16.8. The fraction of sp³-hybridized carbons (Fsp3) is 0.882. The molecule has 0 radical (unpaired) electrons. The lowest BCUT2D eigenvalue weighted by Gasteiger charge is -2.58. The van der Waals surface area contributed by atoms with Crippen molar-refractivity contribution in [1.29, 1.82) is 0 Å². The smallest absolute Gasteiger partial charge is 0.330 e. The molecule has 8 nitrogen and oxygen atoms in total. The Morgan fingerprint density at radius 1 is 1.31 bits per heavy atom. The summed E-state index contributed by atoms with van der Waals surface area (Å²) in [7, 11) is -3.36. The molecule has 1 aliphatic carbocycles. The maximum atomic E-state index is 12.8. The van der Waals surface area contributed by atoms with Crippen molar-refractivity contribution in [3.05, 3.63) is 0 Å². The predicted molar refractivity (Wildman–Crippen MR) is 96.1 cm³/mol. The van der Waals surface area contributed by atoms with E-state index in [9.17, 15) is 23.1 Å². The van der Waals surface area contributed by atoms with Crippen LogP contribution in [0.5, 0.6) is 0 Å². The van der Waals surface area contributed by atoms with Gasteiger partial charge in [0.25, 0.3) is 0 Å². The Hall–Kier alpha value is -1.19. The molecule has 1 saturated carbocycles. The molecule has 3 atom stereocenters. The van der Waals surface area contributed by atoms with Crippen LogP contribution in [0.4, 0.5) is 0 Å². The normalized spacial score (nSPS) is 31.8. The molecule has 1 aliphatic heterocycles. The van der Waals surface area contributed by atoms with Gasteiger partial charge in [0.1, 0.15) is 5.54 Å². The zero-order valence-electron chi connectivity index (χ0n) is 15.9. The van der Waals surface area contributed by atoms with Gasteiger partial charge in [0, 0.05) is 31.5 Å². The van der Waals surface area contributed by atoms with Gasteiger partial charge in [0.2, 0.25) is 15.9 Å². The van der Waals surface area contributed by atoms with Crippen molar-refractivity contribution in [2.45, 2.75) is 58.6 Å². The largest absolute Gasteiger partial charge is 0.479 e. The first-order valence-electron chi connectivity index (χ1n) is 9.16. The van der Waals surface area contributed by atoms with Gasteiger partial charge in [-0.05, 0) is 26.7 Å². The van der Waals surface area contributed by atoms with E-state index in [1.807, 2.05) is 6.92 Å². The number of hydrogen-bond donors (Lipinski definition) is 2. The number of carboxylic acids is 1. The summed E-state index contributed by atoms with van der Waals surface area (Å²) in [6.07, 6.45) is 1.10. The van der Waals surface area contributed by atoms with Crippen LogP contribution in [0.25, 0.3) is 0 Å². The van der Waals surface area contributed by atoms with Crippen LogP contribution in [-0.4, -0.2) is 66.8 Å². The molecular formula is C17H30N2O6S. The second-order valence-electron chi connectivity index (χ2n) is 7.67.